The van der Waals surface area contributed by atoms with Gasteiger partial charge in [-0.25, -0.2) is 23.5 Å². The molecule has 1 aliphatic carbocycles. The third-order valence-electron chi connectivity index (χ3n) is 7.80. The number of nitrogens with one attached hydrogen (secondary N) is 3. The van der Waals surface area contributed by atoms with Crippen LogP contribution in [0.2, 0.25) is 0 Å². The number of halogens is 2. The molecule has 1 aromatic carbocycles. The summed E-state index contributed by atoms with van der Waals surface area (Å²) in [6.45, 7) is 1.55. The molecule has 2 aliphatic rings. The van der Waals surface area contributed by atoms with Gasteiger partial charge in [-0.15, -0.1) is 0 Å². The van der Waals surface area contributed by atoms with E-state index in [1.807, 2.05) is 11.0 Å². The van der Waals surface area contributed by atoms with Gasteiger partial charge in [-0.05, 0) is 50.2 Å². The molecule has 2 atom stereocenters. The zero-order chi connectivity index (χ0) is 27.6. The Morgan fingerprint density at radius 2 is 1.88 bits per heavy atom. The second kappa shape index (κ2) is 10.9. The molecule has 8 nitrogen and oxygen atoms in total. The number of carbonyl (C=O) groups is 1. The standard InChI is InChI=1S/C30H29F2N7O/c31-19-13-22-24(17-35-28(22)34-16-19)27-23(15-33)25(18-7-2-1-3-8-18)26(32)29(38-27)36-20-9-6-10-21(14-20)37-30(40)39-11-4-5-12-39/h1-3,7-8,13,16-17,20-21H,4-6,9-12,14H2,(H,34,35)(H,36,38)(H,37,40)/t20-,21+/m0/s1. The number of pyridine rings is 2. The van der Waals surface area contributed by atoms with E-state index in [9.17, 15) is 14.4 Å². The Morgan fingerprint density at radius 1 is 1.10 bits per heavy atom. The molecule has 0 bridgehead atoms. The summed E-state index contributed by atoms with van der Waals surface area (Å²) in [5.74, 6) is -1.14. The number of nitrogens with zero attached hydrogens (tertiary/aromatic N) is 4. The highest BCUT2D eigenvalue weighted by Crippen LogP contribution is 2.39. The zero-order valence-corrected chi connectivity index (χ0v) is 21.9. The van der Waals surface area contributed by atoms with Crippen molar-refractivity contribution in [2.45, 2.75) is 50.6 Å². The van der Waals surface area contributed by atoms with Gasteiger partial charge in [0.25, 0.3) is 0 Å². The lowest BCUT2D eigenvalue weighted by atomic mass is 9.90. The lowest BCUT2D eigenvalue weighted by Gasteiger charge is -2.32. The average Bonchev–Trinajstić information content (AvgIpc) is 3.65. The molecule has 2 fully saturated rings. The number of aromatic amines is 1. The third kappa shape index (κ3) is 4.95. The molecule has 2 amide bonds. The van der Waals surface area contributed by atoms with E-state index in [-0.39, 0.29) is 40.8 Å². The summed E-state index contributed by atoms with van der Waals surface area (Å²) in [6, 6.07) is 12.1. The van der Waals surface area contributed by atoms with Crippen LogP contribution in [0.15, 0.2) is 48.8 Å². The Kier molecular flexibility index (Phi) is 7.03. The number of rotatable bonds is 5. The Hall–Kier alpha value is -4.52. The summed E-state index contributed by atoms with van der Waals surface area (Å²) < 4.78 is 30.4. The number of hydrogen-bond donors (Lipinski definition) is 3. The Morgan fingerprint density at radius 3 is 2.65 bits per heavy atom. The van der Waals surface area contributed by atoms with Gasteiger partial charge in [-0.3, -0.25) is 0 Å². The quantitative estimate of drug-likeness (QED) is 0.288. The van der Waals surface area contributed by atoms with Crippen LogP contribution in [0.3, 0.4) is 0 Å². The van der Waals surface area contributed by atoms with Crippen LogP contribution in [0.1, 0.15) is 44.1 Å². The molecule has 4 heterocycles. The molecule has 4 aromatic rings. The highest BCUT2D eigenvalue weighted by molar-refractivity contribution is 5.96. The van der Waals surface area contributed by atoms with E-state index >= 15 is 4.39 Å². The summed E-state index contributed by atoms with van der Waals surface area (Å²) in [6.07, 6.45) is 7.90. The van der Waals surface area contributed by atoms with E-state index in [1.165, 1.54) is 6.07 Å². The van der Waals surface area contributed by atoms with E-state index in [0.717, 1.165) is 51.4 Å². The molecule has 204 valence electrons. The van der Waals surface area contributed by atoms with Crippen molar-refractivity contribution in [2.75, 3.05) is 18.4 Å². The normalized spacial score (nSPS) is 19.0. The second-order valence-electron chi connectivity index (χ2n) is 10.5. The van der Waals surface area contributed by atoms with Gasteiger partial charge in [-0.2, -0.15) is 5.26 Å². The van der Waals surface area contributed by atoms with Gasteiger partial charge < -0.3 is 20.5 Å². The topological polar surface area (TPSA) is 110 Å². The Labute approximate surface area is 230 Å². The number of fused-ring (bicyclic) bond motifs is 1. The molecule has 0 radical (unpaired) electrons. The molecule has 1 aliphatic heterocycles. The average molecular weight is 542 g/mol. The van der Waals surface area contributed by atoms with Crippen molar-refractivity contribution in [3.05, 3.63) is 66.0 Å². The largest absolute Gasteiger partial charge is 0.365 e. The van der Waals surface area contributed by atoms with Gasteiger partial charge in [0, 0.05) is 47.9 Å². The molecule has 0 unspecified atom stereocenters. The van der Waals surface area contributed by atoms with E-state index in [0.29, 0.717) is 28.6 Å². The number of H-pyrrole nitrogens is 1. The number of anilines is 1. The number of urea groups is 1. The molecule has 40 heavy (non-hydrogen) atoms. The van der Waals surface area contributed by atoms with Gasteiger partial charge >= 0.3 is 6.03 Å². The van der Waals surface area contributed by atoms with E-state index in [4.69, 9.17) is 0 Å². The van der Waals surface area contributed by atoms with Gasteiger partial charge in [0.1, 0.15) is 17.5 Å². The van der Waals surface area contributed by atoms with Crippen molar-refractivity contribution in [3.8, 4) is 28.5 Å². The van der Waals surface area contributed by atoms with Crippen LogP contribution in [0.25, 0.3) is 33.4 Å². The predicted molar refractivity (Wildman–Crippen MR) is 148 cm³/mol. The van der Waals surface area contributed by atoms with Crippen LogP contribution in [-0.4, -0.2) is 51.1 Å². The van der Waals surface area contributed by atoms with Gasteiger partial charge in [0.2, 0.25) is 0 Å². The van der Waals surface area contributed by atoms with Crippen LogP contribution in [-0.2, 0) is 0 Å². The first-order chi connectivity index (χ1) is 19.5. The molecule has 10 heteroatoms. The molecular formula is C30H29F2N7O. The van der Waals surface area contributed by atoms with Crippen LogP contribution in [0.5, 0.6) is 0 Å². The van der Waals surface area contributed by atoms with Crippen molar-refractivity contribution in [2.24, 2.45) is 0 Å². The highest BCUT2D eigenvalue weighted by Gasteiger charge is 2.29. The van der Waals surface area contributed by atoms with Crippen molar-refractivity contribution in [1.29, 1.82) is 5.26 Å². The first-order valence-corrected chi connectivity index (χ1v) is 13.7. The number of amides is 2. The smallest absolute Gasteiger partial charge is 0.317 e. The van der Waals surface area contributed by atoms with E-state index in [2.05, 4.69) is 31.7 Å². The maximum Gasteiger partial charge on any atom is 0.317 e. The summed E-state index contributed by atoms with van der Waals surface area (Å²) in [5.41, 5.74) is 1.84. The lowest BCUT2D eigenvalue weighted by molar-refractivity contribution is 0.199. The maximum absolute atomic E-state index is 16.2. The monoisotopic (exact) mass is 541 g/mol. The number of aromatic nitrogens is 3. The van der Waals surface area contributed by atoms with Crippen LogP contribution >= 0.6 is 0 Å². The number of carbonyl (C=O) groups excluding carboxylic acids is 1. The second-order valence-corrected chi connectivity index (χ2v) is 10.5. The fourth-order valence-corrected chi connectivity index (χ4v) is 5.84. The minimum absolute atomic E-state index is 0.0167. The number of hydrogen-bond acceptors (Lipinski definition) is 5. The summed E-state index contributed by atoms with van der Waals surface area (Å²) >= 11 is 0. The fourth-order valence-electron chi connectivity index (χ4n) is 5.84. The summed E-state index contributed by atoms with van der Waals surface area (Å²) in [4.78, 5) is 26.2. The van der Waals surface area contributed by atoms with Crippen molar-refractivity contribution in [1.82, 2.24) is 25.2 Å². The van der Waals surface area contributed by atoms with Crippen LogP contribution in [0, 0.1) is 23.0 Å². The zero-order valence-electron chi connectivity index (χ0n) is 21.9. The molecule has 6 rings (SSSR count). The Balaban J connectivity index is 1.38. The minimum Gasteiger partial charge on any atom is -0.365 e. The molecule has 3 aromatic heterocycles. The lowest BCUT2D eigenvalue weighted by Crippen LogP contribution is -2.47. The van der Waals surface area contributed by atoms with Crippen molar-refractivity contribution >= 4 is 22.9 Å². The third-order valence-corrected chi connectivity index (χ3v) is 7.80. The summed E-state index contributed by atoms with van der Waals surface area (Å²) in [5, 5.41) is 17.1. The maximum atomic E-state index is 16.2. The number of nitriles is 1. The number of likely N-dealkylation sites (tertiary alicyclic amines) is 1. The highest BCUT2D eigenvalue weighted by atomic mass is 19.1. The Bertz CT molecular complexity index is 1590. The fraction of sp³-hybridized carbons (Fsp3) is 0.333. The SMILES string of the molecule is N#Cc1c(-c2c[nH]c3ncc(F)cc23)nc(N[C@H]2CCC[C@@H](NC(=O)N3CCCC3)C2)c(F)c1-c1ccccc1. The van der Waals surface area contributed by atoms with Gasteiger partial charge in [-0.1, -0.05) is 30.3 Å². The van der Waals surface area contributed by atoms with Crippen molar-refractivity contribution < 1.29 is 13.6 Å². The van der Waals surface area contributed by atoms with Crippen LogP contribution < -0.4 is 10.6 Å². The van der Waals surface area contributed by atoms with E-state index < -0.39 is 11.6 Å². The van der Waals surface area contributed by atoms with Gasteiger partial charge in [0.15, 0.2) is 11.6 Å². The van der Waals surface area contributed by atoms with Gasteiger partial charge in [0.05, 0.1) is 17.5 Å². The first-order valence-electron chi connectivity index (χ1n) is 13.7. The molecule has 1 saturated heterocycles. The summed E-state index contributed by atoms with van der Waals surface area (Å²) in [7, 11) is 0. The van der Waals surface area contributed by atoms with Crippen LogP contribution in [0.4, 0.5) is 19.4 Å². The minimum atomic E-state index is -0.626. The first kappa shape index (κ1) is 25.7. The molecular weight excluding hydrogens is 512 g/mol. The van der Waals surface area contributed by atoms with Crippen molar-refractivity contribution in [3.63, 3.8) is 0 Å². The van der Waals surface area contributed by atoms with E-state index in [1.54, 1.807) is 30.5 Å². The molecule has 0 spiro atoms. The predicted octanol–water partition coefficient (Wildman–Crippen LogP) is 5.97. The number of benzene rings is 1. The molecule has 3 N–H and O–H groups in total. The molecule has 1 saturated carbocycles.